The van der Waals surface area contributed by atoms with Crippen LogP contribution in [0.5, 0.6) is 0 Å². The minimum atomic E-state index is -0.895. The Morgan fingerprint density at radius 3 is 2.79 bits per heavy atom. The molecule has 0 saturated heterocycles. The van der Waals surface area contributed by atoms with Crippen molar-refractivity contribution in [1.29, 1.82) is 0 Å². The maximum Gasteiger partial charge on any atom is 0.305 e. The summed E-state index contributed by atoms with van der Waals surface area (Å²) in [5, 5.41) is 29.0. The van der Waals surface area contributed by atoms with Crippen LogP contribution in [0.4, 0.5) is 0 Å². The average Bonchev–Trinajstić information content (AvgIpc) is 3.14. The van der Waals surface area contributed by atoms with Gasteiger partial charge in [-0.2, -0.15) is 0 Å². The van der Waals surface area contributed by atoms with Crippen LogP contribution in [0.3, 0.4) is 0 Å². The lowest BCUT2D eigenvalue weighted by Crippen LogP contribution is -2.30. The van der Waals surface area contributed by atoms with Crippen LogP contribution >= 0.6 is 0 Å². The number of carboxylic acid groups (broad SMARTS) is 1. The highest BCUT2D eigenvalue weighted by molar-refractivity contribution is 5.66. The predicted octanol–water partition coefficient (Wildman–Crippen LogP) is 1.19. The number of aliphatic hydroxyl groups is 2. The van der Waals surface area contributed by atoms with E-state index in [2.05, 4.69) is 17.3 Å². The van der Waals surface area contributed by atoms with Crippen molar-refractivity contribution in [2.24, 2.45) is 17.8 Å². The Labute approximate surface area is 141 Å². The molecule has 4 N–H and O–H groups in total. The number of carboxylic acids is 1. The molecule has 0 aliphatic heterocycles. The monoisotopic (exact) mass is 335 g/mol. The second-order valence-electron chi connectivity index (χ2n) is 6.98. The van der Waals surface area contributed by atoms with Crippen LogP contribution in [-0.4, -0.2) is 40.1 Å². The maximum atomic E-state index is 10.4. The standard InChI is InChI=1S/C18H25NO5/c20-16(11-3-1-2-4-11)6-5-12-13-9-15(14(13)10-17(12)21)19-24-8-7-18(22)23/h11-13,16-17,19-21H,1-4,7-10H2,(H,22,23). The molecule has 0 spiro atoms. The number of carbonyl (C=O) groups is 1. The van der Waals surface area contributed by atoms with Crippen LogP contribution in [0.25, 0.3) is 0 Å². The molecule has 3 aliphatic rings. The number of rotatable bonds is 6. The Morgan fingerprint density at radius 2 is 2.08 bits per heavy atom. The Bertz CT molecular complexity index is 570. The first-order valence-corrected chi connectivity index (χ1v) is 8.75. The smallest absolute Gasteiger partial charge is 0.305 e. The molecule has 3 aliphatic carbocycles. The van der Waals surface area contributed by atoms with Crippen LogP contribution < -0.4 is 5.48 Å². The first-order valence-electron chi connectivity index (χ1n) is 8.75. The van der Waals surface area contributed by atoms with E-state index in [1.165, 1.54) is 12.8 Å². The second-order valence-corrected chi connectivity index (χ2v) is 6.98. The summed E-state index contributed by atoms with van der Waals surface area (Å²) >= 11 is 0. The third-order valence-corrected chi connectivity index (χ3v) is 5.39. The maximum absolute atomic E-state index is 10.4. The highest BCUT2D eigenvalue weighted by atomic mass is 16.6. The van der Waals surface area contributed by atoms with Gasteiger partial charge in [-0.1, -0.05) is 24.7 Å². The molecular weight excluding hydrogens is 310 g/mol. The van der Waals surface area contributed by atoms with E-state index in [1.807, 2.05) is 0 Å². The van der Waals surface area contributed by atoms with Crippen molar-refractivity contribution < 1.29 is 25.0 Å². The SMILES string of the molecule is O=C(O)CCONC1=C2CC(O)C(C#CC(O)C3CCCC3)C2C1. The van der Waals surface area contributed by atoms with Crippen molar-refractivity contribution in [3.8, 4) is 11.8 Å². The van der Waals surface area contributed by atoms with E-state index in [1.54, 1.807) is 0 Å². The fourth-order valence-corrected chi connectivity index (χ4v) is 3.96. The van der Waals surface area contributed by atoms with Crippen LogP contribution in [0.15, 0.2) is 11.3 Å². The summed E-state index contributed by atoms with van der Waals surface area (Å²) in [5.41, 5.74) is 4.86. The Balaban J connectivity index is 1.52. The van der Waals surface area contributed by atoms with Crippen LogP contribution in [-0.2, 0) is 9.63 Å². The molecule has 4 unspecified atom stereocenters. The van der Waals surface area contributed by atoms with Crippen molar-refractivity contribution >= 4 is 5.97 Å². The molecule has 0 aromatic rings. The van der Waals surface area contributed by atoms with E-state index in [9.17, 15) is 15.0 Å². The van der Waals surface area contributed by atoms with Gasteiger partial charge < -0.3 is 15.3 Å². The number of hydroxylamine groups is 1. The number of aliphatic hydroxyl groups excluding tert-OH is 2. The number of aliphatic carboxylic acids is 1. The van der Waals surface area contributed by atoms with Gasteiger partial charge in [0.05, 0.1) is 25.0 Å². The third-order valence-electron chi connectivity index (χ3n) is 5.39. The first-order chi connectivity index (χ1) is 11.6. The number of fused-ring (bicyclic) bond motifs is 1. The van der Waals surface area contributed by atoms with Gasteiger partial charge in [-0.25, -0.2) is 0 Å². The summed E-state index contributed by atoms with van der Waals surface area (Å²) in [6.45, 7) is 0.107. The summed E-state index contributed by atoms with van der Waals surface area (Å²) in [7, 11) is 0. The van der Waals surface area contributed by atoms with Crippen molar-refractivity contribution in [3.05, 3.63) is 11.3 Å². The van der Waals surface area contributed by atoms with Gasteiger partial charge in [0.2, 0.25) is 0 Å². The van der Waals surface area contributed by atoms with Gasteiger partial charge in [0, 0.05) is 11.6 Å². The summed E-state index contributed by atoms with van der Waals surface area (Å²) in [6, 6.07) is 0. The Kier molecular flexibility index (Phi) is 5.44. The zero-order valence-electron chi connectivity index (χ0n) is 13.7. The highest BCUT2D eigenvalue weighted by Gasteiger charge is 2.45. The Morgan fingerprint density at radius 1 is 1.33 bits per heavy atom. The lowest BCUT2D eigenvalue weighted by atomic mass is 9.79. The number of nitrogens with one attached hydrogen (secondary N) is 1. The molecule has 132 valence electrons. The van der Waals surface area contributed by atoms with E-state index in [-0.39, 0.29) is 30.8 Å². The number of hydrogen-bond acceptors (Lipinski definition) is 5. The minimum absolute atomic E-state index is 0.0468. The zero-order valence-corrected chi connectivity index (χ0v) is 13.7. The summed E-state index contributed by atoms with van der Waals surface area (Å²) < 4.78 is 0. The van der Waals surface area contributed by atoms with E-state index in [0.717, 1.165) is 30.5 Å². The predicted molar refractivity (Wildman–Crippen MR) is 86.3 cm³/mol. The second kappa shape index (κ2) is 7.56. The van der Waals surface area contributed by atoms with E-state index in [0.29, 0.717) is 6.42 Å². The zero-order chi connectivity index (χ0) is 17.1. The normalized spacial score (nSPS) is 30.3. The molecule has 0 bridgehead atoms. The molecule has 6 nitrogen and oxygen atoms in total. The topological polar surface area (TPSA) is 99.0 Å². The Hall–Kier alpha value is -1.55. The molecule has 24 heavy (non-hydrogen) atoms. The average molecular weight is 335 g/mol. The molecule has 4 atom stereocenters. The fourth-order valence-electron chi connectivity index (χ4n) is 3.96. The van der Waals surface area contributed by atoms with Crippen molar-refractivity contribution in [2.75, 3.05) is 6.61 Å². The van der Waals surface area contributed by atoms with Gasteiger partial charge in [-0.3, -0.25) is 15.1 Å². The van der Waals surface area contributed by atoms with Gasteiger partial charge in [-0.05, 0) is 37.2 Å². The third kappa shape index (κ3) is 3.75. The first kappa shape index (κ1) is 17.3. The highest BCUT2D eigenvalue weighted by Crippen LogP contribution is 2.48. The molecule has 0 aromatic heterocycles. The van der Waals surface area contributed by atoms with Gasteiger partial charge in [0.1, 0.15) is 6.10 Å². The lowest BCUT2D eigenvalue weighted by Gasteiger charge is -2.30. The number of hydrogen-bond donors (Lipinski definition) is 4. The van der Waals surface area contributed by atoms with Gasteiger partial charge >= 0.3 is 5.97 Å². The van der Waals surface area contributed by atoms with E-state index >= 15 is 0 Å². The van der Waals surface area contributed by atoms with Crippen molar-refractivity contribution in [3.63, 3.8) is 0 Å². The summed E-state index contributed by atoms with van der Waals surface area (Å²) in [4.78, 5) is 15.6. The minimum Gasteiger partial charge on any atom is -0.481 e. The van der Waals surface area contributed by atoms with E-state index in [4.69, 9.17) is 9.94 Å². The van der Waals surface area contributed by atoms with Crippen molar-refractivity contribution in [2.45, 2.75) is 57.2 Å². The van der Waals surface area contributed by atoms with Crippen LogP contribution in [0.2, 0.25) is 0 Å². The van der Waals surface area contributed by atoms with Crippen molar-refractivity contribution in [1.82, 2.24) is 5.48 Å². The molecule has 0 radical (unpaired) electrons. The lowest BCUT2D eigenvalue weighted by molar-refractivity contribution is -0.138. The molecule has 2 fully saturated rings. The molecule has 0 aromatic carbocycles. The van der Waals surface area contributed by atoms with Crippen LogP contribution in [0.1, 0.15) is 44.9 Å². The van der Waals surface area contributed by atoms with Crippen LogP contribution in [0, 0.1) is 29.6 Å². The van der Waals surface area contributed by atoms with Gasteiger partial charge in [0.15, 0.2) is 0 Å². The fraction of sp³-hybridized carbons (Fsp3) is 0.722. The summed E-state index contributed by atoms with van der Waals surface area (Å²) in [5.74, 6) is 5.56. The molecule has 6 heteroatoms. The molecular formula is C18H25NO5. The molecule has 3 rings (SSSR count). The van der Waals surface area contributed by atoms with Gasteiger partial charge in [0.25, 0.3) is 0 Å². The molecule has 2 saturated carbocycles. The largest absolute Gasteiger partial charge is 0.481 e. The van der Waals surface area contributed by atoms with Gasteiger partial charge in [-0.15, -0.1) is 0 Å². The molecule has 0 amide bonds. The van der Waals surface area contributed by atoms with E-state index < -0.39 is 18.2 Å². The number of allylic oxidation sites excluding steroid dienone is 1. The summed E-state index contributed by atoms with van der Waals surface area (Å²) in [6.07, 6.45) is 4.60. The quantitative estimate of drug-likeness (QED) is 0.331. The molecule has 0 heterocycles.